The van der Waals surface area contributed by atoms with E-state index >= 15 is 0 Å². The molecule has 1 aliphatic heterocycles. The van der Waals surface area contributed by atoms with Crippen LogP contribution < -0.4 is 10.6 Å². The Morgan fingerprint density at radius 2 is 1.58 bits per heavy atom. The fraction of sp³-hybridized carbons (Fsp3) is 0.333. The number of nitrogens with one attached hydrogen (secondary N) is 2. The Morgan fingerprint density at radius 1 is 0.808 bits per heavy atom. The summed E-state index contributed by atoms with van der Waals surface area (Å²) in [6, 6.07) is 25.9. The molecule has 132 valence electrons. The highest BCUT2D eigenvalue weighted by Gasteiger charge is 2.39. The van der Waals surface area contributed by atoms with E-state index in [4.69, 9.17) is 0 Å². The topological polar surface area (TPSA) is 24.1 Å². The van der Waals surface area contributed by atoms with Gasteiger partial charge in [0.2, 0.25) is 0 Å². The highest BCUT2D eigenvalue weighted by atomic mass is 15.0. The molecule has 2 atom stereocenters. The van der Waals surface area contributed by atoms with Gasteiger partial charge < -0.3 is 10.6 Å². The second-order valence-corrected chi connectivity index (χ2v) is 7.79. The monoisotopic (exact) mass is 342 g/mol. The van der Waals surface area contributed by atoms with Gasteiger partial charge in [0, 0.05) is 18.0 Å². The van der Waals surface area contributed by atoms with Gasteiger partial charge in [0.1, 0.15) is 0 Å². The van der Waals surface area contributed by atoms with Crippen molar-refractivity contribution in [1.82, 2.24) is 10.6 Å². The average Bonchev–Trinajstić information content (AvgIpc) is 3.47. The van der Waals surface area contributed by atoms with Crippen molar-refractivity contribution in [1.29, 1.82) is 0 Å². The van der Waals surface area contributed by atoms with Crippen LogP contribution in [-0.4, -0.2) is 25.2 Å². The standard InChI is InChI=1S/C24H26N2/c1-2-6-21-17(4-1)5-3-7-22(21)18-8-10-19(11-9-18)23-16-24(23)26-20-12-14-25-15-13-20/h1-11,20,23-26H,12-16H2/t23-,24+/m0/s1. The zero-order valence-electron chi connectivity index (χ0n) is 15.1. The normalized spacial score (nSPS) is 23.2. The molecule has 3 aromatic carbocycles. The van der Waals surface area contributed by atoms with Crippen molar-refractivity contribution in [3.63, 3.8) is 0 Å². The molecule has 0 radical (unpaired) electrons. The lowest BCUT2D eigenvalue weighted by Gasteiger charge is -2.24. The van der Waals surface area contributed by atoms with Gasteiger partial charge in [-0.2, -0.15) is 0 Å². The van der Waals surface area contributed by atoms with Crippen molar-refractivity contribution >= 4 is 10.8 Å². The van der Waals surface area contributed by atoms with E-state index in [-0.39, 0.29) is 0 Å². The second kappa shape index (κ2) is 6.86. The zero-order valence-corrected chi connectivity index (χ0v) is 15.1. The third kappa shape index (κ3) is 3.15. The van der Waals surface area contributed by atoms with Crippen LogP contribution in [0.1, 0.15) is 30.7 Å². The number of piperidine rings is 1. The van der Waals surface area contributed by atoms with Gasteiger partial charge >= 0.3 is 0 Å². The molecule has 0 aromatic heterocycles. The molecule has 3 aromatic rings. The average molecular weight is 342 g/mol. The third-order valence-electron chi connectivity index (χ3n) is 6.02. The lowest BCUT2D eigenvalue weighted by atomic mass is 9.97. The Kier molecular flexibility index (Phi) is 4.24. The van der Waals surface area contributed by atoms with Crippen LogP contribution in [0.3, 0.4) is 0 Å². The minimum absolute atomic E-state index is 0.682. The molecule has 1 aliphatic carbocycles. The molecule has 2 heteroatoms. The van der Waals surface area contributed by atoms with E-state index < -0.39 is 0 Å². The first-order valence-electron chi connectivity index (χ1n) is 9.93. The van der Waals surface area contributed by atoms with Crippen molar-refractivity contribution < 1.29 is 0 Å². The number of rotatable bonds is 4. The molecule has 0 unspecified atom stereocenters. The maximum absolute atomic E-state index is 3.87. The molecule has 2 fully saturated rings. The lowest BCUT2D eigenvalue weighted by molar-refractivity contribution is 0.383. The Hall–Kier alpha value is -2.16. The first-order valence-corrected chi connectivity index (χ1v) is 9.93. The Bertz CT molecular complexity index is 888. The summed E-state index contributed by atoms with van der Waals surface area (Å²) >= 11 is 0. The molecule has 1 saturated heterocycles. The highest BCUT2D eigenvalue weighted by Crippen LogP contribution is 2.42. The van der Waals surface area contributed by atoms with Crippen LogP contribution in [0.15, 0.2) is 66.7 Å². The van der Waals surface area contributed by atoms with E-state index in [9.17, 15) is 0 Å². The largest absolute Gasteiger partial charge is 0.317 e. The Balaban J connectivity index is 1.32. The predicted octanol–water partition coefficient (Wildman–Crippen LogP) is 4.70. The second-order valence-electron chi connectivity index (χ2n) is 7.79. The lowest BCUT2D eigenvalue weighted by Crippen LogP contribution is -2.41. The van der Waals surface area contributed by atoms with Crippen LogP contribution in [0, 0.1) is 0 Å². The molecule has 0 spiro atoms. The van der Waals surface area contributed by atoms with Crippen molar-refractivity contribution in [3.8, 4) is 11.1 Å². The summed E-state index contributed by atoms with van der Waals surface area (Å²) in [5, 5.41) is 9.96. The summed E-state index contributed by atoms with van der Waals surface area (Å²) in [5.74, 6) is 0.700. The quantitative estimate of drug-likeness (QED) is 0.718. The molecule has 1 saturated carbocycles. The number of benzene rings is 3. The van der Waals surface area contributed by atoms with E-state index in [2.05, 4.69) is 77.4 Å². The summed E-state index contributed by atoms with van der Waals surface area (Å²) < 4.78 is 0. The van der Waals surface area contributed by atoms with Gasteiger partial charge in [0.25, 0.3) is 0 Å². The van der Waals surface area contributed by atoms with Crippen LogP contribution in [0.5, 0.6) is 0 Å². The highest BCUT2D eigenvalue weighted by molar-refractivity contribution is 5.96. The molecule has 1 heterocycles. The molecule has 2 aliphatic rings. The van der Waals surface area contributed by atoms with Crippen LogP contribution in [0.2, 0.25) is 0 Å². The predicted molar refractivity (Wildman–Crippen MR) is 110 cm³/mol. The number of hydrogen-bond acceptors (Lipinski definition) is 2. The van der Waals surface area contributed by atoms with Crippen molar-refractivity contribution in [2.24, 2.45) is 0 Å². The van der Waals surface area contributed by atoms with Gasteiger partial charge in [-0.25, -0.2) is 0 Å². The number of hydrogen-bond donors (Lipinski definition) is 2. The van der Waals surface area contributed by atoms with Crippen molar-refractivity contribution in [2.45, 2.75) is 37.3 Å². The van der Waals surface area contributed by atoms with Crippen LogP contribution in [-0.2, 0) is 0 Å². The van der Waals surface area contributed by atoms with Gasteiger partial charge in [-0.05, 0) is 59.8 Å². The molecule has 2 nitrogen and oxygen atoms in total. The van der Waals surface area contributed by atoms with Crippen LogP contribution in [0.4, 0.5) is 0 Å². The van der Waals surface area contributed by atoms with E-state index in [1.807, 2.05) is 0 Å². The van der Waals surface area contributed by atoms with Gasteiger partial charge in [0.15, 0.2) is 0 Å². The zero-order chi connectivity index (χ0) is 17.3. The van der Waals surface area contributed by atoms with Gasteiger partial charge in [-0.15, -0.1) is 0 Å². The van der Waals surface area contributed by atoms with Gasteiger partial charge in [-0.1, -0.05) is 66.7 Å². The van der Waals surface area contributed by atoms with E-state index in [0.29, 0.717) is 18.0 Å². The third-order valence-corrected chi connectivity index (χ3v) is 6.02. The van der Waals surface area contributed by atoms with E-state index in [1.165, 1.54) is 46.7 Å². The Labute approximate surface area is 155 Å². The first-order chi connectivity index (χ1) is 12.9. The minimum Gasteiger partial charge on any atom is -0.317 e. The molecular formula is C24H26N2. The summed E-state index contributed by atoms with van der Waals surface area (Å²) in [5.41, 5.74) is 4.13. The summed E-state index contributed by atoms with van der Waals surface area (Å²) in [7, 11) is 0. The first kappa shape index (κ1) is 16.0. The van der Waals surface area contributed by atoms with Crippen molar-refractivity contribution in [2.75, 3.05) is 13.1 Å². The molecule has 5 rings (SSSR count). The fourth-order valence-electron chi connectivity index (χ4n) is 4.43. The van der Waals surface area contributed by atoms with Crippen LogP contribution >= 0.6 is 0 Å². The van der Waals surface area contributed by atoms with E-state index in [0.717, 1.165) is 13.1 Å². The summed E-state index contributed by atoms with van der Waals surface area (Å²) in [6.07, 6.45) is 3.82. The number of fused-ring (bicyclic) bond motifs is 1. The maximum atomic E-state index is 3.87. The minimum atomic E-state index is 0.682. The Morgan fingerprint density at radius 3 is 2.42 bits per heavy atom. The SMILES string of the molecule is c1ccc2c(-c3ccc([C@@H]4C[C@H]4NC4CCNCC4)cc3)cccc2c1. The molecule has 0 bridgehead atoms. The van der Waals surface area contributed by atoms with Crippen molar-refractivity contribution in [3.05, 3.63) is 72.3 Å². The van der Waals surface area contributed by atoms with Gasteiger partial charge in [-0.3, -0.25) is 0 Å². The smallest absolute Gasteiger partial charge is 0.0145 e. The molecule has 26 heavy (non-hydrogen) atoms. The molecule has 2 N–H and O–H groups in total. The molecular weight excluding hydrogens is 316 g/mol. The van der Waals surface area contributed by atoms with Gasteiger partial charge in [0.05, 0.1) is 0 Å². The molecule has 0 amide bonds. The summed E-state index contributed by atoms with van der Waals surface area (Å²) in [6.45, 7) is 2.32. The summed E-state index contributed by atoms with van der Waals surface area (Å²) in [4.78, 5) is 0. The van der Waals surface area contributed by atoms with E-state index in [1.54, 1.807) is 0 Å². The fourth-order valence-corrected chi connectivity index (χ4v) is 4.43. The maximum Gasteiger partial charge on any atom is 0.0145 e. The van der Waals surface area contributed by atoms with Crippen LogP contribution in [0.25, 0.3) is 21.9 Å².